The number of hydrogen-bond donors (Lipinski definition) is 1. The summed E-state index contributed by atoms with van der Waals surface area (Å²) in [7, 11) is 0. The van der Waals surface area contributed by atoms with Crippen molar-refractivity contribution in [2.75, 3.05) is 0 Å². The zero-order valence-electron chi connectivity index (χ0n) is 15.3. The maximum atomic E-state index is 15.0. The number of carbonyl (C=O) groups excluding carboxylic acids is 1. The SMILES string of the molecule is Cc1[nH]nc2ncc(CC(=O)c3c(Cl)ccc(OCc4ccncn4)c3F)cc12. The van der Waals surface area contributed by atoms with Gasteiger partial charge in [-0.1, -0.05) is 11.6 Å². The second-order valence-corrected chi connectivity index (χ2v) is 6.79. The van der Waals surface area contributed by atoms with Gasteiger partial charge in [0.2, 0.25) is 0 Å². The highest BCUT2D eigenvalue weighted by Crippen LogP contribution is 2.29. The number of nitrogens with zero attached hydrogens (tertiary/aromatic N) is 4. The van der Waals surface area contributed by atoms with Crippen molar-refractivity contribution >= 4 is 28.4 Å². The third-order valence-electron chi connectivity index (χ3n) is 4.37. The normalized spacial score (nSPS) is 11.0. The molecule has 0 unspecified atom stereocenters. The van der Waals surface area contributed by atoms with Crippen LogP contribution in [0, 0.1) is 12.7 Å². The molecule has 0 saturated carbocycles. The lowest BCUT2D eigenvalue weighted by Crippen LogP contribution is -2.09. The van der Waals surface area contributed by atoms with Gasteiger partial charge in [-0.2, -0.15) is 5.10 Å². The van der Waals surface area contributed by atoms with Crippen molar-refractivity contribution in [3.05, 3.63) is 76.3 Å². The topological polar surface area (TPSA) is 93.7 Å². The molecule has 7 nitrogen and oxygen atoms in total. The minimum Gasteiger partial charge on any atom is -0.484 e. The van der Waals surface area contributed by atoms with Crippen LogP contribution in [-0.2, 0) is 13.0 Å². The van der Waals surface area contributed by atoms with Gasteiger partial charge in [0.05, 0.1) is 16.3 Å². The zero-order chi connectivity index (χ0) is 20.4. The van der Waals surface area contributed by atoms with Crippen LogP contribution >= 0.6 is 11.6 Å². The van der Waals surface area contributed by atoms with E-state index in [1.807, 2.05) is 6.92 Å². The summed E-state index contributed by atoms with van der Waals surface area (Å²) in [5.74, 6) is -1.34. The molecule has 4 aromatic rings. The van der Waals surface area contributed by atoms with Crippen LogP contribution in [0.15, 0.2) is 43.0 Å². The molecule has 146 valence electrons. The summed E-state index contributed by atoms with van der Waals surface area (Å²) in [5.41, 5.74) is 2.40. The van der Waals surface area contributed by atoms with E-state index in [2.05, 4.69) is 25.1 Å². The van der Waals surface area contributed by atoms with E-state index in [1.54, 1.807) is 24.5 Å². The van der Waals surface area contributed by atoms with Gasteiger partial charge in [-0.25, -0.2) is 19.3 Å². The van der Waals surface area contributed by atoms with E-state index in [0.717, 1.165) is 11.1 Å². The molecule has 1 aromatic carbocycles. The van der Waals surface area contributed by atoms with Crippen molar-refractivity contribution in [2.45, 2.75) is 20.0 Å². The maximum Gasteiger partial charge on any atom is 0.181 e. The Morgan fingerprint density at radius 1 is 1.28 bits per heavy atom. The summed E-state index contributed by atoms with van der Waals surface area (Å²) < 4.78 is 20.4. The predicted octanol–water partition coefficient (Wildman–Crippen LogP) is 3.85. The number of ether oxygens (including phenoxy) is 1. The van der Waals surface area contributed by atoms with E-state index in [4.69, 9.17) is 16.3 Å². The summed E-state index contributed by atoms with van der Waals surface area (Å²) in [5, 5.41) is 7.72. The molecule has 0 aliphatic carbocycles. The molecule has 0 fully saturated rings. The van der Waals surface area contributed by atoms with E-state index in [-0.39, 0.29) is 29.4 Å². The Morgan fingerprint density at radius 2 is 2.14 bits per heavy atom. The number of fused-ring (bicyclic) bond motifs is 1. The molecule has 0 aliphatic rings. The number of pyridine rings is 1. The van der Waals surface area contributed by atoms with Crippen molar-refractivity contribution in [1.82, 2.24) is 25.1 Å². The number of H-pyrrole nitrogens is 1. The van der Waals surface area contributed by atoms with Crippen LogP contribution in [0.25, 0.3) is 11.0 Å². The van der Waals surface area contributed by atoms with E-state index < -0.39 is 11.6 Å². The quantitative estimate of drug-likeness (QED) is 0.484. The summed E-state index contributed by atoms with van der Waals surface area (Å²) in [6.07, 6.45) is 4.42. The summed E-state index contributed by atoms with van der Waals surface area (Å²) in [4.78, 5) is 24.8. The van der Waals surface area contributed by atoms with Crippen molar-refractivity contribution in [1.29, 1.82) is 0 Å². The fraction of sp³-hybridized carbons (Fsp3) is 0.150. The molecule has 0 aliphatic heterocycles. The molecule has 1 N–H and O–H groups in total. The number of halogens is 2. The van der Waals surface area contributed by atoms with Gasteiger partial charge in [0.25, 0.3) is 0 Å². The minimum absolute atomic E-state index is 0.0235. The molecular formula is C20H15ClFN5O2. The highest BCUT2D eigenvalue weighted by molar-refractivity contribution is 6.34. The number of aromatic amines is 1. The average molecular weight is 412 g/mol. The van der Waals surface area contributed by atoms with Crippen molar-refractivity contribution in [3.63, 3.8) is 0 Å². The van der Waals surface area contributed by atoms with E-state index >= 15 is 0 Å². The first-order valence-corrected chi connectivity index (χ1v) is 9.09. The average Bonchev–Trinajstić information content (AvgIpc) is 3.08. The molecule has 0 atom stereocenters. The van der Waals surface area contributed by atoms with Crippen molar-refractivity contribution in [2.24, 2.45) is 0 Å². The fourth-order valence-electron chi connectivity index (χ4n) is 2.89. The van der Waals surface area contributed by atoms with E-state index in [1.165, 1.54) is 18.5 Å². The first-order chi connectivity index (χ1) is 14.0. The lowest BCUT2D eigenvalue weighted by atomic mass is 10.0. The summed E-state index contributed by atoms with van der Waals surface area (Å²) >= 11 is 6.11. The lowest BCUT2D eigenvalue weighted by molar-refractivity contribution is 0.0988. The Bertz CT molecular complexity index is 1200. The van der Waals surface area contributed by atoms with Crippen LogP contribution < -0.4 is 4.74 Å². The van der Waals surface area contributed by atoms with Crippen LogP contribution in [0.3, 0.4) is 0 Å². The molecule has 0 radical (unpaired) electrons. The van der Waals surface area contributed by atoms with Gasteiger partial charge in [0.1, 0.15) is 12.9 Å². The number of nitrogens with one attached hydrogen (secondary N) is 1. The van der Waals surface area contributed by atoms with Crippen molar-refractivity contribution < 1.29 is 13.9 Å². The van der Waals surface area contributed by atoms with Gasteiger partial charge in [-0.15, -0.1) is 0 Å². The third kappa shape index (κ3) is 3.93. The number of carbonyl (C=O) groups is 1. The Labute approximate surface area is 169 Å². The Morgan fingerprint density at radius 3 is 2.93 bits per heavy atom. The monoisotopic (exact) mass is 411 g/mol. The highest BCUT2D eigenvalue weighted by atomic mass is 35.5. The first-order valence-electron chi connectivity index (χ1n) is 8.71. The minimum atomic E-state index is -0.801. The molecule has 3 heterocycles. The number of ketones is 1. The number of aryl methyl sites for hydroxylation is 1. The summed E-state index contributed by atoms with van der Waals surface area (Å²) in [6.45, 7) is 1.90. The highest BCUT2D eigenvalue weighted by Gasteiger charge is 2.21. The van der Waals surface area contributed by atoms with Gasteiger partial charge >= 0.3 is 0 Å². The first kappa shape index (κ1) is 18.9. The largest absolute Gasteiger partial charge is 0.484 e. The number of benzene rings is 1. The van der Waals surface area contributed by atoms with Crippen molar-refractivity contribution in [3.8, 4) is 5.75 Å². The zero-order valence-corrected chi connectivity index (χ0v) is 16.1. The predicted molar refractivity (Wildman–Crippen MR) is 104 cm³/mol. The molecule has 29 heavy (non-hydrogen) atoms. The van der Waals surface area contributed by atoms with Crippen LogP contribution in [0.2, 0.25) is 5.02 Å². The molecule has 0 spiro atoms. The van der Waals surface area contributed by atoms with E-state index in [0.29, 0.717) is 16.9 Å². The third-order valence-corrected chi connectivity index (χ3v) is 4.69. The van der Waals surface area contributed by atoms with Gasteiger partial charge in [0.15, 0.2) is 23.0 Å². The number of aromatic nitrogens is 5. The van der Waals surface area contributed by atoms with Gasteiger partial charge in [0, 0.05) is 29.9 Å². The van der Waals surface area contributed by atoms with Gasteiger partial charge in [-0.05, 0) is 36.8 Å². The molecule has 3 aromatic heterocycles. The number of Topliss-reactive ketones (excluding diaryl/α,β-unsaturated/α-hetero) is 1. The van der Waals surface area contributed by atoms with Gasteiger partial charge < -0.3 is 4.74 Å². The van der Waals surface area contributed by atoms with Gasteiger partial charge in [-0.3, -0.25) is 9.89 Å². The van der Waals surface area contributed by atoms with Crippen LogP contribution in [0.1, 0.15) is 27.3 Å². The Kier molecular flexibility index (Phi) is 5.18. The smallest absolute Gasteiger partial charge is 0.181 e. The van der Waals surface area contributed by atoms with Crippen LogP contribution in [0.5, 0.6) is 5.75 Å². The second-order valence-electron chi connectivity index (χ2n) is 6.39. The number of rotatable bonds is 6. The fourth-order valence-corrected chi connectivity index (χ4v) is 3.14. The molecule has 9 heteroatoms. The van der Waals surface area contributed by atoms with Crippen LogP contribution in [-0.4, -0.2) is 30.9 Å². The Balaban J connectivity index is 1.57. The molecular weight excluding hydrogens is 397 g/mol. The Hall–Kier alpha value is -3.39. The summed E-state index contributed by atoms with van der Waals surface area (Å²) in [6, 6.07) is 6.29. The lowest BCUT2D eigenvalue weighted by Gasteiger charge is -2.11. The number of hydrogen-bond acceptors (Lipinski definition) is 6. The molecule has 0 amide bonds. The maximum absolute atomic E-state index is 15.0. The standard InChI is InChI=1S/C20H15ClFN5O2/c1-11-14-6-12(8-24-20(14)27-26-11)7-16(28)18-15(21)2-3-17(19(18)22)29-9-13-4-5-23-10-25-13/h2-6,8,10H,7,9H2,1H3,(H,24,26,27). The second kappa shape index (κ2) is 7.92. The molecule has 0 bridgehead atoms. The van der Waals surface area contributed by atoms with E-state index in [9.17, 15) is 9.18 Å². The van der Waals surface area contributed by atoms with Crippen LogP contribution in [0.4, 0.5) is 4.39 Å². The molecule has 4 rings (SSSR count). The molecule has 0 saturated heterocycles.